The lowest BCUT2D eigenvalue weighted by atomic mass is 10.1. The summed E-state index contributed by atoms with van der Waals surface area (Å²) < 4.78 is 6.38. The zero-order valence-electron chi connectivity index (χ0n) is 19.0. The van der Waals surface area contributed by atoms with Gasteiger partial charge in [0.1, 0.15) is 22.2 Å². The molecule has 3 heterocycles. The zero-order valence-corrected chi connectivity index (χ0v) is 22.2. The molecule has 0 saturated carbocycles. The molecule has 0 aliphatic carbocycles. The predicted molar refractivity (Wildman–Crippen MR) is 147 cm³/mol. The van der Waals surface area contributed by atoms with Crippen molar-refractivity contribution >= 4 is 75.6 Å². The minimum Gasteiger partial charge on any atom is -0.457 e. The van der Waals surface area contributed by atoms with Gasteiger partial charge in [-0.05, 0) is 79.4 Å². The minimum absolute atomic E-state index is 0.0212. The van der Waals surface area contributed by atoms with Gasteiger partial charge in [-0.2, -0.15) is 0 Å². The number of aromatic nitrogens is 3. The Bertz CT molecular complexity index is 1540. The molecule has 5 rings (SSSR count). The number of ether oxygens (including phenoxy) is 1. The highest BCUT2D eigenvalue weighted by Crippen LogP contribution is 2.35. The molecule has 2 aromatic carbocycles. The van der Waals surface area contributed by atoms with E-state index in [0.29, 0.717) is 31.6 Å². The highest BCUT2D eigenvalue weighted by Gasteiger charge is 2.35. The number of thiazole rings is 1. The van der Waals surface area contributed by atoms with Crippen LogP contribution in [0.25, 0.3) is 6.08 Å². The Morgan fingerprint density at radius 2 is 1.78 bits per heavy atom. The van der Waals surface area contributed by atoms with E-state index >= 15 is 0 Å². The van der Waals surface area contributed by atoms with Crippen molar-refractivity contribution in [1.82, 2.24) is 20.3 Å². The van der Waals surface area contributed by atoms with E-state index in [9.17, 15) is 9.59 Å². The van der Waals surface area contributed by atoms with Gasteiger partial charge in [0.05, 0.1) is 10.6 Å². The molecule has 37 heavy (non-hydrogen) atoms. The maximum absolute atomic E-state index is 13.4. The number of hydrogen-bond acceptors (Lipinski definition) is 9. The summed E-state index contributed by atoms with van der Waals surface area (Å²) >= 11 is 14.1. The lowest BCUT2D eigenvalue weighted by molar-refractivity contribution is -0.122. The van der Waals surface area contributed by atoms with Crippen molar-refractivity contribution < 1.29 is 14.3 Å². The van der Waals surface area contributed by atoms with E-state index in [4.69, 9.17) is 28.6 Å². The lowest BCUT2D eigenvalue weighted by Gasteiger charge is -2.28. The topological polar surface area (TPSA) is 97.3 Å². The Morgan fingerprint density at radius 1 is 1.05 bits per heavy atom. The van der Waals surface area contributed by atoms with Crippen LogP contribution < -0.4 is 15.0 Å². The van der Waals surface area contributed by atoms with Crippen LogP contribution in [0, 0.1) is 6.92 Å². The molecular formula is C25H16ClN5O3S3. The first-order chi connectivity index (χ1) is 17.9. The highest BCUT2D eigenvalue weighted by atomic mass is 35.5. The van der Waals surface area contributed by atoms with Crippen LogP contribution in [-0.2, 0) is 9.59 Å². The minimum atomic E-state index is -0.615. The fourth-order valence-electron chi connectivity index (χ4n) is 3.29. The molecule has 8 nitrogen and oxygen atoms in total. The molecule has 2 amide bonds. The van der Waals surface area contributed by atoms with Crippen LogP contribution >= 0.6 is 46.9 Å². The van der Waals surface area contributed by atoms with E-state index in [1.807, 2.05) is 37.3 Å². The number of rotatable bonds is 6. The molecule has 4 aromatic rings. The Hall–Kier alpha value is -3.64. The summed E-state index contributed by atoms with van der Waals surface area (Å²) in [6.45, 7) is 1.86. The highest BCUT2D eigenvalue weighted by molar-refractivity contribution is 8.00. The van der Waals surface area contributed by atoms with Crippen molar-refractivity contribution in [2.75, 3.05) is 4.90 Å². The summed E-state index contributed by atoms with van der Waals surface area (Å²) in [4.78, 5) is 40.6. The maximum atomic E-state index is 13.4. The molecule has 1 saturated heterocycles. The van der Waals surface area contributed by atoms with E-state index in [1.165, 1.54) is 34.1 Å². The van der Waals surface area contributed by atoms with Crippen molar-refractivity contribution in [1.29, 1.82) is 0 Å². The van der Waals surface area contributed by atoms with Crippen LogP contribution in [0.1, 0.15) is 10.6 Å². The van der Waals surface area contributed by atoms with Gasteiger partial charge in [0, 0.05) is 11.9 Å². The van der Waals surface area contributed by atoms with Gasteiger partial charge in [-0.15, -0.1) is 11.3 Å². The van der Waals surface area contributed by atoms with Crippen LogP contribution in [-0.4, -0.2) is 31.9 Å². The molecule has 1 N–H and O–H groups in total. The van der Waals surface area contributed by atoms with Crippen LogP contribution in [0.5, 0.6) is 11.5 Å². The number of thiocarbonyl (C=S) groups is 1. The first-order valence-corrected chi connectivity index (χ1v) is 13.2. The predicted octanol–water partition coefficient (Wildman–Crippen LogP) is 5.67. The average Bonchev–Trinajstić information content (AvgIpc) is 3.21. The largest absolute Gasteiger partial charge is 0.457 e. The smallest absolute Gasteiger partial charge is 0.270 e. The zero-order chi connectivity index (χ0) is 25.9. The Morgan fingerprint density at radius 3 is 2.51 bits per heavy atom. The average molecular weight is 566 g/mol. The number of nitrogens with one attached hydrogen (secondary N) is 1. The number of carbonyl (C=O) groups is 2. The second-order valence-corrected chi connectivity index (χ2v) is 10.6. The second kappa shape index (κ2) is 10.8. The first-order valence-electron chi connectivity index (χ1n) is 10.8. The quantitative estimate of drug-likeness (QED) is 0.138. The van der Waals surface area contributed by atoms with Gasteiger partial charge >= 0.3 is 0 Å². The summed E-state index contributed by atoms with van der Waals surface area (Å²) in [5, 5.41) is 3.23. The number of benzene rings is 2. The summed E-state index contributed by atoms with van der Waals surface area (Å²) in [5.41, 5.74) is 1.18. The molecule has 0 unspecified atom stereocenters. The normalized spacial score (nSPS) is 14.7. The summed E-state index contributed by atoms with van der Waals surface area (Å²) in [7, 11) is 0. The third kappa shape index (κ3) is 5.70. The molecule has 1 fully saturated rings. The van der Waals surface area contributed by atoms with Crippen molar-refractivity contribution in [3.63, 3.8) is 0 Å². The van der Waals surface area contributed by atoms with Crippen LogP contribution in [0.2, 0.25) is 5.15 Å². The Kier molecular flexibility index (Phi) is 7.28. The van der Waals surface area contributed by atoms with Crippen LogP contribution in [0.15, 0.2) is 81.9 Å². The van der Waals surface area contributed by atoms with Crippen molar-refractivity contribution in [3.8, 4) is 11.5 Å². The molecule has 2 aromatic heterocycles. The van der Waals surface area contributed by atoms with E-state index < -0.39 is 11.8 Å². The van der Waals surface area contributed by atoms with Gasteiger partial charge < -0.3 is 4.74 Å². The molecule has 1 aliphatic rings. The Labute approximate surface area is 230 Å². The molecule has 0 spiro atoms. The summed E-state index contributed by atoms with van der Waals surface area (Å²) in [6, 6.07) is 17.9. The van der Waals surface area contributed by atoms with E-state index in [-0.39, 0.29) is 15.8 Å². The van der Waals surface area contributed by atoms with Gasteiger partial charge in [-0.3, -0.25) is 19.8 Å². The van der Waals surface area contributed by atoms with E-state index in [1.54, 1.807) is 36.5 Å². The lowest BCUT2D eigenvalue weighted by Crippen LogP contribution is -2.54. The van der Waals surface area contributed by atoms with Crippen molar-refractivity contribution in [3.05, 3.63) is 88.2 Å². The monoisotopic (exact) mass is 565 g/mol. The number of halogens is 1. The molecule has 184 valence electrons. The van der Waals surface area contributed by atoms with Gasteiger partial charge in [0.25, 0.3) is 11.8 Å². The number of hydrogen-bond donors (Lipinski definition) is 1. The summed E-state index contributed by atoms with van der Waals surface area (Å²) in [6.07, 6.45) is 3.08. The fourth-order valence-corrected chi connectivity index (χ4v) is 5.81. The standard InChI is InChI=1S/C25H16ClN5O3S3/c1-14-11-12-27-23(28-14)37-25-29-20(26)19(36-25)13-18-21(32)30-24(35)31(22(18)33)15-7-9-17(10-8-15)34-16-5-3-2-4-6-16/h2-13H,1H3,(H,30,32,35). The van der Waals surface area contributed by atoms with Crippen molar-refractivity contribution in [2.45, 2.75) is 16.4 Å². The Balaban J connectivity index is 1.38. The molecule has 0 atom stereocenters. The van der Waals surface area contributed by atoms with Crippen molar-refractivity contribution in [2.24, 2.45) is 0 Å². The number of para-hydroxylation sites is 1. The summed E-state index contributed by atoms with van der Waals surface area (Å²) in [5.74, 6) is 0.0801. The third-order valence-corrected chi connectivity index (χ3v) is 7.62. The number of amides is 2. The first kappa shape index (κ1) is 25.0. The molecule has 0 radical (unpaired) electrons. The van der Waals surface area contributed by atoms with E-state index in [0.717, 1.165) is 5.69 Å². The maximum Gasteiger partial charge on any atom is 0.270 e. The molecule has 12 heteroatoms. The fraction of sp³-hybridized carbons (Fsp3) is 0.0400. The number of aryl methyl sites for hydroxylation is 1. The van der Waals surface area contributed by atoms with E-state index in [2.05, 4.69) is 20.3 Å². The van der Waals surface area contributed by atoms with Gasteiger partial charge in [0.15, 0.2) is 14.6 Å². The molecular weight excluding hydrogens is 550 g/mol. The van der Waals surface area contributed by atoms with Gasteiger partial charge in [-0.1, -0.05) is 29.8 Å². The number of nitrogens with zero attached hydrogens (tertiary/aromatic N) is 4. The molecule has 1 aliphatic heterocycles. The van der Waals surface area contributed by atoms with Crippen LogP contribution in [0.3, 0.4) is 0 Å². The number of carbonyl (C=O) groups excluding carboxylic acids is 2. The third-order valence-electron chi connectivity index (χ3n) is 4.99. The SMILES string of the molecule is Cc1ccnc(Sc2nc(Cl)c(C=C3C(=O)NC(=S)N(c4ccc(Oc5ccccc5)cc4)C3=O)s2)n1. The van der Waals surface area contributed by atoms with Gasteiger partial charge in [-0.25, -0.2) is 15.0 Å². The second-order valence-electron chi connectivity index (χ2n) is 7.58. The van der Waals surface area contributed by atoms with Crippen LogP contribution in [0.4, 0.5) is 5.69 Å². The number of anilines is 1. The molecule has 0 bridgehead atoms. The van der Waals surface area contributed by atoms with Gasteiger partial charge in [0.2, 0.25) is 0 Å².